The van der Waals surface area contributed by atoms with Crippen LogP contribution in [0, 0.1) is 11.8 Å². The third-order valence-corrected chi connectivity index (χ3v) is 3.26. The van der Waals surface area contributed by atoms with Gasteiger partial charge >= 0.3 is 0 Å². The van der Waals surface area contributed by atoms with Crippen molar-refractivity contribution in [3.05, 3.63) is 12.2 Å². The Labute approximate surface area is 118 Å². The molecule has 4 nitrogen and oxygen atoms in total. The summed E-state index contributed by atoms with van der Waals surface area (Å²) >= 11 is 0. The van der Waals surface area contributed by atoms with Crippen molar-refractivity contribution in [2.45, 2.75) is 66.5 Å². The molecule has 0 saturated carbocycles. The zero-order valence-corrected chi connectivity index (χ0v) is 13.2. The van der Waals surface area contributed by atoms with Crippen LogP contribution in [0.1, 0.15) is 53.3 Å². The van der Waals surface area contributed by atoms with Gasteiger partial charge in [0.1, 0.15) is 12.2 Å². The normalized spacial score (nSPS) is 14.8. The van der Waals surface area contributed by atoms with Gasteiger partial charge < -0.3 is 5.32 Å². The SMILES string of the molecule is CCCNC(C)CC(C)Cc1ncnn1CC(C)C. The van der Waals surface area contributed by atoms with Crippen molar-refractivity contribution in [2.24, 2.45) is 11.8 Å². The van der Waals surface area contributed by atoms with Crippen LogP contribution in [0.5, 0.6) is 0 Å². The number of hydrogen-bond donors (Lipinski definition) is 1. The molecule has 0 aliphatic carbocycles. The van der Waals surface area contributed by atoms with Gasteiger partial charge in [-0.05, 0) is 38.1 Å². The highest BCUT2D eigenvalue weighted by Crippen LogP contribution is 2.13. The fraction of sp³-hybridized carbons (Fsp3) is 0.867. The topological polar surface area (TPSA) is 42.7 Å². The molecule has 0 amide bonds. The van der Waals surface area contributed by atoms with Gasteiger partial charge in [0.2, 0.25) is 0 Å². The maximum atomic E-state index is 4.41. The first-order valence-corrected chi connectivity index (χ1v) is 7.63. The van der Waals surface area contributed by atoms with E-state index >= 15 is 0 Å². The van der Waals surface area contributed by atoms with Crippen LogP contribution in [-0.2, 0) is 13.0 Å². The Morgan fingerprint density at radius 2 is 2.00 bits per heavy atom. The molecule has 0 radical (unpaired) electrons. The molecule has 0 spiro atoms. The fourth-order valence-electron chi connectivity index (χ4n) is 2.42. The van der Waals surface area contributed by atoms with E-state index in [1.54, 1.807) is 6.33 Å². The van der Waals surface area contributed by atoms with Crippen LogP contribution < -0.4 is 5.32 Å². The van der Waals surface area contributed by atoms with Crippen molar-refractivity contribution in [1.29, 1.82) is 0 Å². The molecule has 4 heteroatoms. The molecule has 2 atom stereocenters. The molecule has 1 N–H and O–H groups in total. The monoisotopic (exact) mass is 266 g/mol. The highest BCUT2D eigenvalue weighted by Gasteiger charge is 2.13. The minimum absolute atomic E-state index is 0.580. The van der Waals surface area contributed by atoms with Gasteiger partial charge in [-0.25, -0.2) is 9.67 Å². The summed E-state index contributed by atoms with van der Waals surface area (Å²) in [7, 11) is 0. The first-order chi connectivity index (χ1) is 9.02. The zero-order valence-electron chi connectivity index (χ0n) is 13.2. The molecule has 2 unspecified atom stereocenters. The molecule has 19 heavy (non-hydrogen) atoms. The van der Waals surface area contributed by atoms with Gasteiger partial charge in [0.25, 0.3) is 0 Å². The van der Waals surface area contributed by atoms with E-state index in [1.165, 1.54) is 12.8 Å². The molecule has 0 bridgehead atoms. The lowest BCUT2D eigenvalue weighted by molar-refractivity contribution is 0.397. The Hall–Kier alpha value is -0.900. The molecule has 0 saturated heterocycles. The number of hydrogen-bond acceptors (Lipinski definition) is 3. The van der Waals surface area contributed by atoms with Crippen LogP contribution in [-0.4, -0.2) is 27.4 Å². The van der Waals surface area contributed by atoms with E-state index in [-0.39, 0.29) is 0 Å². The Kier molecular flexibility index (Phi) is 7.06. The molecule has 1 aromatic heterocycles. The van der Waals surface area contributed by atoms with E-state index in [4.69, 9.17) is 0 Å². The second-order valence-electron chi connectivity index (χ2n) is 6.15. The van der Waals surface area contributed by atoms with Gasteiger partial charge in [-0.3, -0.25) is 0 Å². The van der Waals surface area contributed by atoms with Crippen LogP contribution in [0.4, 0.5) is 0 Å². The third-order valence-electron chi connectivity index (χ3n) is 3.26. The van der Waals surface area contributed by atoms with Crippen LogP contribution in [0.3, 0.4) is 0 Å². The molecule has 110 valence electrons. The number of nitrogens with one attached hydrogen (secondary N) is 1. The lowest BCUT2D eigenvalue weighted by Gasteiger charge is -2.18. The minimum atomic E-state index is 0.580. The van der Waals surface area contributed by atoms with E-state index < -0.39 is 0 Å². The van der Waals surface area contributed by atoms with Crippen molar-refractivity contribution in [2.75, 3.05) is 6.54 Å². The summed E-state index contributed by atoms with van der Waals surface area (Å²) in [5, 5.41) is 7.87. The summed E-state index contributed by atoms with van der Waals surface area (Å²) in [4.78, 5) is 4.41. The molecule has 0 aromatic carbocycles. The number of nitrogens with zero attached hydrogens (tertiary/aromatic N) is 3. The second-order valence-corrected chi connectivity index (χ2v) is 6.15. The van der Waals surface area contributed by atoms with Gasteiger partial charge in [-0.2, -0.15) is 5.10 Å². The molecular formula is C15H30N4. The summed E-state index contributed by atoms with van der Waals surface area (Å²) in [6.07, 6.45) is 5.09. The third kappa shape index (κ3) is 6.19. The summed E-state index contributed by atoms with van der Waals surface area (Å²) in [5.41, 5.74) is 0. The lowest BCUT2D eigenvalue weighted by atomic mass is 9.99. The molecule has 0 aliphatic rings. The van der Waals surface area contributed by atoms with Crippen LogP contribution >= 0.6 is 0 Å². The van der Waals surface area contributed by atoms with E-state index in [0.29, 0.717) is 17.9 Å². The van der Waals surface area contributed by atoms with Crippen LogP contribution in [0.25, 0.3) is 0 Å². The first kappa shape index (κ1) is 16.2. The van der Waals surface area contributed by atoms with Crippen molar-refractivity contribution in [3.8, 4) is 0 Å². The molecular weight excluding hydrogens is 236 g/mol. The van der Waals surface area contributed by atoms with Crippen molar-refractivity contribution in [3.63, 3.8) is 0 Å². The summed E-state index contributed by atoms with van der Waals surface area (Å²) < 4.78 is 2.06. The number of aromatic nitrogens is 3. The first-order valence-electron chi connectivity index (χ1n) is 7.63. The highest BCUT2D eigenvalue weighted by atomic mass is 15.3. The quantitative estimate of drug-likeness (QED) is 0.747. The van der Waals surface area contributed by atoms with Gasteiger partial charge in [-0.1, -0.05) is 27.7 Å². The highest BCUT2D eigenvalue weighted by molar-refractivity contribution is 4.87. The Morgan fingerprint density at radius 3 is 2.63 bits per heavy atom. The predicted octanol–water partition coefficient (Wildman–Crippen LogP) is 2.89. The standard InChI is InChI=1S/C15H30N4/c1-6-7-16-14(5)8-13(4)9-15-17-11-18-19(15)10-12(2)3/h11-14,16H,6-10H2,1-5H3. The summed E-state index contributed by atoms with van der Waals surface area (Å²) in [6, 6.07) is 0.580. The van der Waals surface area contributed by atoms with Gasteiger partial charge in [0.05, 0.1) is 0 Å². The maximum Gasteiger partial charge on any atom is 0.138 e. The molecule has 0 fully saturated rings. The Balaban J connectivity index is 2.43. The van der Waals surface area contributed by atoms with Crippen molar-refractivity contribution in [1.82, 2.24) is 20.1 Å². The Morgan fingerprint density at radius 1 is 1.26 bits per heavy atom. The van der Waals surface area contributed by atoms with E-state index in [1.807, 2.05) is 0 Å². The van der Waals surface area contributed by atoms with Gasteiger partial charge in [0, 0.05) is 19.0 Å². The van der Waals surface area contributed by atoms with Gasteiger partial charge in [-0.15, -0.1) is 0 Å². The summed E-state index contributed by atoms with van der Waals surface area (Å²) in [6.45, 7) is 13.3. The van der Waals surface area contributed by atoms with Crippen molar-refractivity contribution < 1.29 is 0 Å². The summed E-state index contributed by atoms with van der Waals surface area (Å²) in [5.74, 6) is 2.37. The molecule has 1 rings (SSSR count). The molecule has 1 aromatic rings. The lowest BCUT2D eigenvalue weighted by Crippen LogP contribution is -2.29. The van der Waals surface area contributed by atoms with Crippen LogP contribution in [0.15, 0.2) is 6.33 Å². The average Bonchev–Trinajstić information content (AvgIpc) is 2.72. The average molecular weight is 266 g/mol. The smallest absolute Gasteiger partial charge is 0.138 e. The number of rotatable bonds is 9. The fourth-order valence-corrected chi connectivity index (χ4v) is 2.42. The minimum Gasteiger partial charge on any atom is -0.314 e. The zero-order chi connectivity index (χ0) is 14.3. The molecule has 1 heterocycles. The van der Waals surface area contributed by atoms with E-state index in [0.717, 1.165) is 25.3 Å². The van der Waals surface area contributed by atoms with Crippen LogP contribution in [0.2, 0.25) is 0 Å². The largest absolute Gasteiger partial charge is 0.314 e. The molecule has 0 aliphatic heterocycles. The maximum absolute atomic E-state index is 4.41. The van der Waals surface area contributed by atoms with Gasteiger partial charge in [0.15, 0.2) is 0 Å². The Bertz CT molecular complexity index is 346. The second kappa shape index (κ2) is 8.31. The van der Waals surface area contributed by atoms with E-state index in [9.17, 15) is 0 Å². The van der Waals surface area contributed by atoms with Crippen molar-refractivity contribution >= 4 is 0 Å². The predicted molar refractivity (Wildman–Crippen MR) is 80.1 cm³/mol. The van der Waals surface area contributed by atoms with E-state index in [2.05, 4.69) is 54.7 Å².